The van der Waals surface area contributed by atoms with Crippen LogP contribution in [-0.4, -0.2) is 23.0 Å². The van der Waals surface area contributed by atoms with E-state index in [9.17, 15) is 4.79 Å². The molecule has 0 spiro atoms. The molecule has 35 heavy (non-hydrogen) atoms. The highest BCUT2D eigenvalue weighted by molar-refractivity contribution is 9.10. The van der Waals surface area contributed by atoms with Gasteiger partial charge < -0.3 is 9.47 Å². The number of benzene rings is 3. The SMILES string of the molecule is CCCc1nc2ccc(Br)cc2c(=O)n1N=Cc1cc(OC)c(OCc2ccccc2)c(Cl)c1Br. The number of fused-ring (bicyclic) bond motifs is 1. The molecule has 4 aromatic rings. The van der Waals surface area contributed by atoms with Gasteiger partial charge in [-0.25, -0.2) is 4.98 Å². The number of hydrogen-bond acceptors (Lipinski definition) is 5. The van der Waals surface area contributed by atoms with Crippen molar-refractivity contribution in [3.8, 4) is 11.5 Å². The van der Waals surface area contributed by atoms with Gasteiger partial charge in [0.2, 0.25) is 0 Å². The van der Waals surface area contributed by atoms with Gasteiger partial charge >= 0.3 is 0 Å². The monoisotopic (exact) mass is 617 g/mol. The largest absolute Gasteiger partial charge is 0.493 e. The Hall–Kier alpha value is -2.68. The number of rotatable bonds is 8. The van der Waals surface area contributed by atoms with Crippen molar-refractivity contribution in [2.75, 3.05) is 7.11 Å². The van der Waals surface area contributed by atoms with Crippen LogP contribution in [0, 0.1) is 0 Å². The predicted octanol–water partition coefficient (Wildman–Crippen LogP) is 7.00. The lowest BCUT2D eigenvalue weighted by Gasteiger charge is -2.15. The third-order valence-corrected chi connectivity index (χ3v) is 7.20. The maximum atomic E-state index is 13.3. The van der Waals surface area contributed by atoms with Crippen molar-refractivity contribution >= 4 is 60.6 Å². The highest BCUT2D eigenvalue weighted by atomic mass is 79.9. The van der Waals surface area contributed by atoms with Crippen LogP contribution < -0.4 is 15.0 Å². The molecular formula is C26H22Br2ClN3O3. The minimum Gasteiger partial charge on any atom is -0.493 e. The van der Waals surface area contributed by atoms with Crippen molar-refractivity contribution in [1.29, 1.82) is 0 Å². The van der Waals surface area contributed by atoms with E-state index in [1.165, 1.54) is 4.68 Å². The summed E-state index contributed by atoms with van der Waals surface area (Å²) in [6, 6.07) is 17.0. The maximum Gasteiger partial charge on any atom is 0.282 e. The van der Waals surface area contributed by atoms with Gasteiger partial charge in [-0.3, -0.25) is 4.79 Å². The average Bonchev–Trinajstić information content (AvgIpc) is 2.86. The molecule has 0 aliphatic carbocycles. The van der Waals surface area contributed by atoms with Gasteiger partial charge in [-0.15, -0.1) is 0 Å². The Labute approximate surface area is 224 Å². The standard InChI is InChI=1S/C26H22Br2ClN3O3/c1-3-7-22-31-20-11-10-18(27)13-19(20)26(33)32(22)30-14-17-12-21(34-2)25(24(29)23(17)28)35-15-16-8-5-4-6-9-16/h4-6,8-14H,3,7,15H2,1-2H3. The van der Waals surface area contributed by atoms with Gasteiger partial charge in [0.15, 0.2) is 11.5 Å². The second-order valence-electron chi connectivity index (χ2n) is 7.70. The third kappa shape index (κ3) is 5.60. The zero-order valence-corrected chi connectivity index (χ0v) is 23.0. The maximum absolute atomic E-state index is 13.3. The van der Waals surface area contributed by atoms with E-state index in [0.29, 0.717) is 56.3 Å². The van der Waals surface area contributed by atoms with Crippen molar-refractivity contribution in [3.05, 3.63) is 95.9 Å². The minimum absolute atomic E-state index is 0.243. The van der Waals surface area contributed by atoms with Crippen LogP contribution in [0.5, 0.6) is 11.5 Å². The Morgan fingerprint density at radius 2 is 1.91 bits per heavy atom. The lowest BCUT2D eigenvalue weighted by atomic mass is 10.2. The fraction of sp³-hybridized carbons (Fsp3) is 0.192. The molecule has 3 aromatic carbocycles. The van der Waals surface area contributed by atoms with Crippen molar-refractivity contribution in [3.63, 3.8) is 0 Å². The summed E-state index contributed by atoms with van der Waals surface area (Å²) in [4.78, 5) is 17.9. The highest BCUT2D eigenvalue weighted by Gasteiger charge is 2.18. The van der Waals surface area contributed by atoms with E-state index in [1.807, 2.05) is 49.4 Å². The van der Waals surface area contributed by atoms with Crippen LogP contribution in [0.2, 0.25) is 5.02 Å². The van der Waals surface area contributed by atoms with Gasteiger partial charge in [0.1, 0.15) is 17.5 Å². The van der Waals surface area contributed by atoms with Gasteiger partial charge in [-0.05, 0) is 52.2 Å². The van der Waals surface area contributed by atoms with Crippen LogP contribution >= 0.6 is 43.5 Å². The first-order chi connectivity index (χ1) is 16.9. The number of halogens is 3. The lowest BCUT2D eigenvalue weighted by Crippen LogP contribution is -2.22. The number of ether oxygens (including phenoxy) is 2. The van der Waals surface area contributed by atoms with Crippen LogP contribution in [0.1, 0.15) is 30.3 Å². The molecule has 0 aliphatic rings. The molecule has 0 atom stereocenters. The molecule has 6 nitrogen and oxygen atoms in total. The van der Waals surface area contributed by atoms with Crippen LogP contribution in [0.15, 0.2) is 73.4 Å². The Balaban J connectivity index is 1.73. The number of methoxy groups -OCH3 is 1. The molecular weight excluding hydrogens is 598 g/mol. The molecule has 0 unspecified atom stereocenters. The topological polar surface area (TPSA) is 65.7 Å². The van der Waals surface area contributed by atoms with E-state index in [-0.39, 0.29) is 5.56 Å². The molecule has 0 N–H and O–H groups in total. The molecule has 0 fully saturated rings. The number of aryl methyl sites for hydroxylation is 1. The third-order valence-electron chi connectivity index (χ3n) is 5.26. The van der Waals surface area contributed by atoms with Gasteiger partial charge in [0.25, 0.3) is 5.56 Å². The quantitative estimate of drug-likeness (QED) is 0.199. The summed E-state index contributed by atoms with van der Waals surface area (Å²) in [5, 5.41) is 5.32. The van der Waals surface area contributed by atoms with Crippen LogP contribution in [0.3, 0.4) is 0 Å². The van der Waals surface area contributed by atoms with Gasteiger partial charge in [0.05, 0.1) is 24.2 Å². The molecule has 9 heteroatoms. The van der Waals surface area contributed by atoms with Gasteiger partial charge in [-0.2, -0.15) is 9.78 Å². The average molecular weight is 620 g/mol. The smallest absolute Gasteiger partial charge is 0.282 e. The van der Waals surface area contributed by atoms with E-state index in [1.54, 1.807) is 25.5 Å². The molecule has 0 saturated heterocycles. The molecule has 4 rings (SSSR count). The van der Waals surface area contributed by atoms with Crippen LogP contribution in [0.4, 0.5) is 0 Å². The predicted molar refractivity (Wildman–Crippen MR) is 147 cm³/mol. The Morgan fingerprint density at radius 3 is 2.63 bits per heavy atom. The first kappa shape index (κ1) is 25.4. The number of hydrogen-bond donors (Lipinski definition) is 0. The van der Waals surface area contributed by atoms with E-state index in [2.05, 4.69) is 41.9 Å². The van der Waals surface area contributed by atoms with E-state index in [4.69, 9.17) is 21.1 Å². The number of aromatic nitrogens is 2. The first-order valence-electron chi connectivity index (χ1n) is 10.9. The zero-order chi connectivity index (χ0) is 24.9. The Kier molecular flexibility index (Phi) is 8.26. The summed E-state index contributed by atoms with van der Waals surface area (Å²) in [6.45, 7) is 2.37. The lowest BCUT2D eigenvalue weighted by molar-refractivity contribution is 0.284. The Bertz CT molecular complexity index is 1460. The summed E-state index contributed by atoms with van der Waals surface area (Å²) >= 11 is 13.6. The summed E-state index contributed by atoms with van der Waals surface area (Å²) in [6.07, 6.45) is 2.99. The fourth-order valence-corrected chi connectivity index (χ4v) is 4.55. The van der Waals surface area contributed by atoms with E-state index >= 15 is 0 Å². The van der Waals surface area contributed by atoms with Crippen molar-refractivity contribution in [1.82, 2.24) is 9.66 Å². The summed E-state index contributed by atoms with van der Waals surface area (Å²) in [5.41, 5.74) is 2.03. The normalized spacial score (nSPS) is 11.3. The summed E-state index contributed by atoms with van der Waals surface area (Å²) in [5.74, 6) is 1.46. The van der Waals surface area contributed by atoms with Crippen molar-refractivity contribution in [2.45, 2.75) is 26.4 Å². The van der Waals surface area contributed by atoms with Crippen molar-refractivity contribution < 1.29 is 9.47 Å². The highest BCUT2D eigenvalue weighted by Crippen LogP contribution is 2.42. The molecule has 180 valence electrons. The molecule has 1 aromatic heterocycles. The second-order valence-corrected chi connectivity index (χ2v) is 9.79. The second kappa shape index (κ2) is 11.4. The zero-order valence-electron chi connectivity index (χ0n) is 19.1. The van der Waals surface area contributed by atoms with Crippen LogP contribution in [-0.2, 0) is 13.0 Å². The minimum atomic E-state index is -0.243. The van der Waals surface area contributed by atoms with Gasteiger partial charge in [-0.1, -0.05) is 64.8 Å². The van der Waals surface area contributed by atoms with Crippen molar-refractivity contribution in [2.24, 2.45) is 5.10 Å². The Morgan fingerprint density at radius 1 is 1.14 bits per heavy atom. The summed E-state index contributed by atoms with van der Waals surface area (Å²) < 4.78 is 14.2. The fourth-order valence-electron chi connectivity index (χ4n) is 3.53. The van der Waals surface area contributed by atoms with E-state index < -0.39 is 0 Å². The van der Waals surface area contributed by atoms with E-state index in [0.717, 1.165) is 16.5 Å². The van der Waals surface area contributed by atoms with Gasteiger partial charge in [0, 0.05) is 20.9 Å². The molecule has 0 amide bonds. The molecule has 0 aliphatic heterocycles. The molecule has 0 radical (unpaired) electrons. The molecule has 0 saturated carbocycles. The molecule has 0 bridgehead atoms. The van der Waals surface area contributed by atoms with Crippen LogP contribution in [0.25, 0.3) is 10.9 Å². The molecule has 1 heterocycles. The summed E-state index contributed by atoms with van der Waals surface area (Å²) in [7, 11) is 1.55. The first-order valence-corrected chi connectivity index (χ1v) is 12.9. The number of nitrogens with zero attached hydrogens (tertiary/aromatic N) is 3.